The van der Waals surface area contributed by atoms with Crippen LogP contribution < -0.4 is 0 Å². The molecule has 2 heterocycles. The summed E-state index contributed by atoms with van der Waals surface area (Å²) in [6, 6.07) is 0. The summed E-state index contributed by atoms with van der Waals surface area (Å²) in [6.07, 6.45) is 0. The second-order valence-electron chi connectivity index (χ2n) is 3.13. The molecular weight excluding hydrogens is 250 g/mol. The third-order valence-electron chi connectivity index (χ3n) is 2.19. The van der Waals surface area contributed by atoms with E-state index in [4.69, 9.17) is 4.74 Å². The molecule has 0 aliphatic carbocycles. The van der Waals surface area contributed by atoms with Crippen molar-refractivity contribution >= 4 is 27.3 Å². The molecule has 1 fully saturated rings. The third kappa shape index (κ3) is 2.53. The quantitative estimate of drug-likeness (QED) is 0.811. The number of nitrogens with zero attached hydrogens (tertiary/aromatic N) is 1. The topological polar surface area (TPSA) is 12.5 Å². The van der Waals surface area contributed by atoms with Gasteiger partial charge in [0, 0.05) is 29.5 Å². The van der Waals surface area contributed by atoms with E-state index in [1.807, 2.05) is 0 Å². The summed E-state index contributed by atoms with van der Waals surface area (Å²) in [4.78, 5) is 2.43. The molecule has 1 saturated heterocycles. The zero-order valence-corrected chi connectivity index (χ0v) is 9.73. The molecule has 1 aliphatic rings. The number of hydrogen-bond acceptors (Lipinski definition) is 3. The minimum atomic E-state index is 0.877. The molecule has 1 aromatic heterocycles. The fraction of sp³-hybridized carbons (Fsp3) is 0.556. The second kappa shape index (κ2) is 4.55. The van der Waals surface area contributed by atoms with E-state index in [0.29, 0.717) is 0 Å². The van der Waals surface area contributed by atoms with Crippen LogP contribution in [0.1, 0.15) is 5.56 Å². The van der Waals surface area contributed by atoms with Crippen LogP contribution in [0.4, 0.5) is 0 Å². The maximum atomic E-state index is 5.30. The van der Waals surface area contributed by atoms with Gasteiger partial charge in [-0.3, -0.25) is 4.90 Å². The fourth-order valence-corrected chi connectivity index (χ4v) is 2.84. The van der Waals surface area contributed by atoms with Gasteiger partial charge in [0.25, 0.3) is 0 Å². The van der Waals surface area contributed by atoms with Gasteiger partial charge in [-0.25, -0.2) is 0 Å². The van der Waals surface area contributed by atoms with Gasteiger partial charge >= 0.3 is 0 Å². The highest BCUT2D eigenvalue weighted by Crippen LogP contribution is 2.22. The Morgan fingerprint density at radius 1 is 1.38 bits per heavy atom. The molecule has 0 bridgehead atoms. The molecule has 0 saturated carbocycles. The van der Waals surface area contributed by atoms with Crippen LogP contribution in [-0.2, 0) is 11.3 Å². The lowest BCUT2D eigenvalue weighted by Gasteiger charge is -2.26. The lowest BCUT2D eigenvalue weighted by Crippen LogP contribution is -2.35. The van der Waals surface area contributed by atoms with E-state index in [1.165, 1.54) is 10.0 Å². The molecule has 72 valence electrons. The van der Waals surface area contributed by atoms with Crippen LogP contribution in [0.3, 0.4) is 0 Å². The van der Waals surface area contributed by atoms with Crippen molar-refractivity contribution in [3.8, 4) is 0 Å². The zero-order chi connectivity index (χ0) is 9.10. The van der Waals surface area contributed by atoms with Crippen LogP contribution in [-0.4, -0.2) is 31.2 Å². The Balaban J connectivity index is 1.93. The smallest absolute Gasteiger partial charge is 0.0594 e. The molecule has 2 rings (SSSR count). The summed E-state index contributed by atoms with van der Waals surface area (Å²) < 4.78 is 6.54. The van der Waals surface area contributed by atoms with Gasteiger partial charge in [-0.2, -0.15) is 11.3 Å². The molecule has 0 spiro atoms. The summed E-state index contributed by atoms with van der Waals surface area (Å²) in [5.41, 5.74) is 1.40. The van der Waals surface area contributed by atoms with Gasteiger partial charge in [-0.1, -0.05) is 0 Å². The standard InChI is InChI=1S/C9H12BrNOS/c10-9-7-13-6-8(9)5-11-1-3-12-4-2-11/h6-7H,1-5H2. The highest BCUT2D eigenvalue weighted by Gasteiger charge is 2.12. The molecule has 13 heavy (non-hydrogen) atoms. The van der Waals surface area contributed by atoms with Crippen molar-refractivity contribution in [3.63, 3.8) is 0 Å². The molecule has 4 heteroatoms. The first-order chi connectivity index (χ1) is 6.36. The average Bonchev–Trinajstić information content (AvgIpc) is 2.54. The van der Waals surface area contributed by atoms with Crippen LogP contribution in [0.5, 0.6) is 0 Å². The molecule has 1 aliphatic heterocycles. The first kappa shape index (κ1) is 9.65. The summed E-state index contributed by atoms with van der Waals surface area (Å²) >= 11 is 5.30. The van der Waals surface area contributed by atoms with Gasteiger partial charge in [0.15, 0.2) is 0 Å². The maximum absolute atomic E-state index is 5.30. The van der Waals surface area contributed by atoms with E-state index >= 15 is 0 Å². The summed E-state index contributed by atoms with van der Waals surface area (Å²) in [5, 5.41) is 4.34. The zero-order valence-electron chi connectivity index (χ0n) is 7.33. The monoisotopic (exact) mass is 261 g/mol. The van der Waals surface area contributed by atoms with Crippen molar-refractivity contribution in [3.05, 3.63) is 20.8 Å². The van der Waals surface area contributed by atoms with Crippen molar-refractivity contribution in [2.75, 3.05) is 26.3 Å². The predicted octanol–water partition coefficient (Wildman–Crippen LogP) is 2.34. The van der Waals surface area contributed by atoms with Gasteiger partial charge in [0.05, 0.1) is 13.2 Å². The number of rotatable bonds is 2. The fourth-order valence-electron chi connectivity index (χ4n) is 1.42. The van der Waals surface area contributed by atoms with E-state index in [0.717, 1.165) is 32.8 Å². The number of ether oxygens (including phenoxy) is 1. The van der Waals surface area contributed by atoms with Crippen molar-refractivity contribution in [1.29, 1.82) is 0 Å². The Kier molecular flexibility index (Phi) is 3.38. The van der Waals surface area contributed by atoms with Gasteiger partial charge in [-0.05, 0) is 26.9 Å². The summed E-state index contributed by atoms with van der Waals surface area (Å²) in [6.45, 7) is 4.92. The van der Waals surface area contributed by atoms with E-state index in [2.05, 4.69) is 31.6 Å². The molecule has 0 unspecified atom stereocenters. The summed E-state index contributed by atoms with van der Waals surface area (Å²) in [5.74, 6) is 0. The molecule has 0 radical (unpaired) electrons. The molecule has 0 aromatic carbocycles. The van der Waals surface area contributed by atoms with Crippen LogP contribution in [0.2, 0.25) is 0 Å². The highest BCUT2D eigenvalue weighted by molar-refractivity contribution is 9.10. The molecule has 2 nitrogen and oxygen atoms in total. The lowest BCUT2D eigenvalue weighted by atomic mass is 10.3. The first-order valence-electron chi connectivity index (χ1n) is 4.37. The summed E-state index contributed by atoms with van der Waals surface area (Å²) in [7, 11) is 0. The Hall–Kier alpha value is 0.1000. The van der Waals surface area contributed by atoms with Crippen molar-refractivity contribution in [2.45, 2.75) is 6.54 Å². The van der Waals surface area contributed by atoms with E-state index in [1.54, 1.807) is 11.3 Å². The van der Waals surface area contributed by atoms with E-state index < -0.39 is 0 Å². The number of hydrogen-bond donors (Lipinski definition) is 0. The van der Waals surface area contributed by atoms with Gasteiger partial charge in [0.1, 0.15) is 0 Å². The van der Waals surface area contributed by atoms with Crippen LogP contribution in [0.15, 0.2) is 15.2 Å². The van der Waals surface area contributed by atoms with Gasteiger partial charge in [0.2, 0.25) is 0 Å². The van der Waals surface area contributed by atoms with Crippen molar-refractivity contribution in [2.24, 2.45) is 0 Å². The van der Waals surface area contributed by atoms with Crippen LogP contribution in [0.25, 0.3) is 0 Å². The van der Waals surface area contributed by atoms with E-state index in [-0.39, 0.29) is 0 Å². The second-order valence-corrected chi connectivity index (χ2v) is 4.73. The van der Waals surface area contributed by atoms with Crippen molar-refractivity contribution < 1.29 is 4.74 Å². The Labute approximate surface area is 90.6 Å². The normalized spacial score (nSPS) is 19.2. The molecule has 0 atom stereocenters. The van der Waals surface area contributed by atoms with Crippen LogP contribution >= 0.6 is 27.3 Å². The lowest BCUT2D eigenvalue weighted by molar-refractivity contribution is 0.0341. The van der Waals surface area contributed by atoms with E-state index in [9.17, 15) is 0 Å². The minimum absolute atomic E-state index is 0.877. The molecule has 1 aromatic rings. The first-order valence-corrected chi connectivity index (χ1v) is 6.10. The minimum Gasteiger partial charge on any atom is -0.379 e. The van der Waals surface area contributed by atoms with Gasteiger partial charge in [-0.15, -0.1) is 0 Å². The number of halogens is 1. The van der Waals surface area contributed by atoms with Gasteiger partial charge < -0.3 is 4.74 Å². The molecular formula is C9H12BrNOS. The largest absolute Gasteiger partial charge is 0.379 e. The predicted molar refractivity (Wildman–Crippen MR) is 58.1 cm³/mol. The third-order valence-corrected chi connectivity index (χ3v) is 4.02. The number of thiophene rings is 1. The molecule has 0 amide bonds. The highest BCUT2D eigenvalue weighted by atomic mass is 79.9. The SMILES string of the molecule is Brc1cscc1CN1CCOCC1. The Morgan fingerprint density at radius 3 is 2.77 bits per heavy atom. The van der Waals surface area contributed by atoms with Crippen molar-refractivity contribution in [1.82, 2.24) is 4.90 Å². The van der Waals surface area contributed by atoms with Crippen LogP contribution in [0, 0.1) is 0 Å². The Morgan fingerprint density at radius 2 is 2.15 bits per heavy atom. The average molecular weight is 262 g/mol. The maximum Gasteiger partial charge on any atom is 0.0594 e. The molecule has 0 N–H and O–H groups in total. The Bertz CT molecular complexity index is 270. The number of morpholine rings is 1.